The van der Waals surface area contributed by atoms with E-state index in [0.29, 0.717) is 5.56 Å². The lowest BCUT2D eigenvalue weighted by molar-refractivity contribution is 0.0997. The molecule has 3 nitrogen and oxygen atoms in total. The Morgan fingerprint density at radius 1 is 1.50 bits per heavy atom. The van der Waals surface area contributed by atoms with Crippen molar-refractivity contribution in [3.8, 4) is 5.75 Å². The molecule has 84 valence electrons. The molecule has 16 heavy (non-hydrogen) atoms. The number of carbonyl (C=O) groups is 1. The monoisotopic (exact) mass is 281 g/mol. The van der Waals surface area contributed by atoms with Gasteiger partial charge in [-0.2, -0.15) is 0 Å². The van der Waals surface area contributed by atoms with Gasteiger partial charge in [-0.1, -0.05) is 22.0 Å². The Morgan fingerprint density at radius 3 is 2.88 bits per heavy atom. The van der Waals surface area contributed by atoms with Gasteiger partial charge >= 0.3 is 0 Å². The Kier molecular flexibility index (Phi) is 3.01. The van der Waals surface area contributed by atoms with E-state index < -0.39 is 0 Å². The van der Waals surface area contributed by atoms with Gasteiger partial charge < -0.3 is 9.72 Å². The lowest BCUT2D eigenvalue weighted by atomic mass is 10.1. The Hall–Kier alpha value is -1.29. The Bertz CT molecular complexity index is 531. The third-order valence-corrected chi connectivity index (χ3v) is 2.93. The summed E-state index contributed by atoms with van der Waals surface area (Å²) in [6.07, 6.45) is 1.73. The normalized spacial score (nSPS) is 12.7. The molecule has 0 radical (unpaired) electrons. The molecule has 0 aliphatic rings. The molecule has 1 aromatic carbocycles. The van der Waals surface area contributed by atoms with E-state index in [9.17, 15) is 4.79 Å². The highest BCUT2D eigenvalue weighted by atomic mass is 79.9. The van der Waals surface area contributed by atoms with Crippen molar-refractivity contribution in [2.45, 2.75) is 11.8 Å². The molecular formula is C12H12BrNO2. The van der Waals surface area contributed by atoms with E-state index in [4.69, 9.17) is 4.74 Å². The standard InChI is InChI=1S/C12H12BrNO2/c1-7(13)12(15)8-6-14-9-4-3-5-10(16-2)11(8)9/h3-7,14H,1-2H3. The molecule has 2 rings (SSSR count). The first-order valence-electron chi connectivity index (χ1n) is 4.97. The van der Waals surface area contributed by atoms with E-state index in [1.165, 1.54) is 0 Å². The molecule has 0 aliphatic heterocycles. The molecule has 4 heteroatoms. The lowest BCUT2D eigenvalue weighted by Gasteiger charge is -2.05. The predicted molar refractivity (Wildman–Crippen MR) is 67.6 cm³/mol. The molecule has 0 fully saturated rings. The zero-order valence-electron chi connectivity index (χ0n) is 9.08. The number of hydrogen-bond acceptors (Lipinski definition) is 2. The highest BCUT2D eigenvalue weighted by Gasteiger charge is 2.18. The number of H-pyrrole nitrogens is 1. The highest BCUT2D eigenvalue weighted by Crippen LogP contribution is 2.29. The van der Waals surface area contributed by atoms with Gasteiger partial charge in [-0.15, -0.1) is 0 Å². The molecule has 0 saturated heterocycles. The van der Waals surface area contributed by atoms with E-state index in [1.54, 1.807) is 13.3 Å². The Morgan fingerprint density at radius 2 is 2.25 bits per heavy atom. The van der Waals surface area contributed by atoms with Crippen LogP contribution < -0.4 is 4.74 Å². The second kappa shape index (κ2) is 4.29. The number of aromatic nitrogens is 1. The molecule has 1 atom stereocenters. The maximum absolute atomic E-state index is 12.0. The first kappa shape index (κ1) is 11.2. The molecule has 0 spiro atoms. The molecule has 1 aromatic heterocycles. The van der Waals surface area contributed by atoms with Gasteiger partial charge in [0.05, 0.1) is 17.3 Å². The van der Waals surface area contributed by atoms with E-state index in [0.717, 1.165) is 16.7 Å². The molecule has 0 aliphatic carbocycles. The topological polar surface area (TPSA) is 42.1 Å². The van der Waals surface area contributed by atoms with Gasteiger partial charge in [0.15, 0.2) is 5.78 Å². The number of carbonyl (C=O) groups excluding carboxylic acids is 1. The second-order valence-electron chi connectivity index (χ2n) is 3.57. The first-order chi connectivity index (χ1) is 7.65. The van der Waals surface area contributed by atoms with Gasteiger partial charge in [-0.05, 0) is 19.1 Å². The smallest absolute Gasteiger partial charge is 0.178 e. The number of nitrogens with one attached hydrogen (secondary N) is 1. The molecule has 2 aromatic rings. The van der Waals surface area contributed by atoms with Crippen molar-refractivity contribution in [1.82, 2.24) is 4.98 Å². The summed E-state index contributed by atoms with van der Waals surface area (Å²) in [7, 11) is 1.60. The summed E-state index contributed by atoms with van der Waals surface area (Å²) in [5, 5.41) is 0.848. The van der Waals surface area contributed by atoms with Crippen LogP contribution >= 0.6 is 15.9 Å². The minimum Gasteiger partial charge on any atom is -0.496 e. The van der Waals surface area contributed by atoms with Crippen LogP contribution in [0.1, 0.15) is 17.3 Å². The van der Waals surface area contributed by atoms with Crippen molar-refractivity contribution in [2.24, 2.45) is 0 Å². The number of aromatic amines is 1. The van der Waals surface area contributed by atoms with Crippen molar-refractivity contribution < 1.29 is 9.53 Å². The number of alkyl halides is 1. The number of hydrogen-bond donors (Lipinski definition) is 1. The number of rotatable bonds is 3. The van der Waals surface area contributed by atoms with E-state index in [-0.39, 0.29) is 10.6 Å². The van der Waals surface area contributed by atoms with Gasteiger partial charge in [0, 0.05) is 17.3 Å². The van der Waals surface area contributed by atoms with Gasteiger partial charge in [0.2, 0.25) is 0 Å². The van der Waals surface area contributed by atoms with Gasteiger partial charge in [-0.3, -0.25) is 4.79 Å². The largest absolute Gasteiger partial charge is 0.496 e. The molecule has 0 saturated carbocycles. The van der Waals surface area contributed by atoms with Crippen molar-refractivity contribution in [2.75, 3.05) is 7.11 Å². The maximum atomic E-state index is 12.0. The van der Waals surface area contributed by atoms with E-state index >= 15 is 0 Å². The summed E-state index contributed by atoms with van der Waals surface area (Å²) in [6.45, 7) is 1.82. The van der Waals surface area contributed by atoms with Crippen LogP contribution in [0.2, 0.25) is 0 Å². The number of ether oxygens (including phenoxy) is 1. The Balaban J connectivity index is 2.67. The molecule has 0 bridgehead atoms. The minimum atomic E-state index is -0.198. The maximum Gasteiger partial charge on any atom is 0.178 e. The molecule has 0 amide bonds. The molecular weight excluding hydrogens is 270 g/mol. The second-order valence-corrected chi connectivity index (χ2v) is 4.94. The lowest BCUT2D eigenvalue weighted by Crippen LogP contribution is -2.09. The van der Waals surface area contributed by atoms with Crippen molar-refractivity contribution in [3.63, 3.8) is 0 Å². The van der Waals surface area contributed by atoms with Gasteiger partial charge in [0.1, 0.15) is 5.75 Å². The summed E-state index contributed by atoms with van der Waals surface area (Å²) >= 11 is 3.29. The average molecular weight is 282 g/mol. The van der Waals surface area contributed by atoms with Gasteiger partial charge in [-0.25, -0.2) is 0 Å². The van der Waals surface area contributed by atoms with Crippen molar-refractivity contribution in [3.05, 3.63) is 30.0 Å². The zero-order valence-corrected chi connectivity index (χ0v) is 10.7. The van der Waals surface area contributed by atoms with Crippen LogP contribution in [-0.2, 0) is 0 Å². The number of fused-ring (bicyclic) bond motifs is 1. The first-order valence-corrected chi connectivity index (χ1v) is 5.89. The van der Waals surface area contributed by atoms with Crippen LogP contribution in [0.25, 0.3) is 10.9 Å². The highest BCUT2D eigenvalue weighted by molar-refractivity contribution is 9.10. The number of benzene rings is 1. The third-order valence-electron chi connectivity index (χ3n) is 2.51. The number of Topliss-reactive ketones (excluding diaryl/α,β-unsaturated/α-hetero) is 1. The summed E-state index contributed by atoms with van der Waals surface area (Å²) in [5.41, 5.74) is 1.58. The summed E-state index contributed by atoms with van der Waals surface area (Å²) < 4.78 is 5.27. The van der Waals surface area contributed by atoms with Crippen LogP contribution in [0.5, 0.6) is 5.75 Å². The number of halogens is 1. The van der Waals surface area contributed by atoms with Gasteiger partial charge in [0.25, 0.3) is 0 Å². The average Bonchev–Trinajstić information content (AvgIpc) is 2.71. The van der Waals surface area contributed by atoms with Crippen LogP contribution in [-0.4, -0.2) is 22.7 Å². The number of methoxy groups -OCH3 is 1. The predicted octanol–water partition coefficient (Wildman–Crippen LogP) is 3.14. The summed E-state index contributed by atoms with van der Waals surface area (Å²) in [6, 6.07) is 5.67. The SMILES string of the molecule is COc1cccc2[nH]cc(C(=O)C(C)Br)c12. The van der Waals surface area contributed by atoms with Crippen LogP contribution in [0.3, 0.4) is 0 Å². The fourth-order valence-corrected chi connectivity index (χ4v) is 1.98. The fraction of sp³-hybridized carbons (Fsp3) is 0.250. The van der Waals surface area contributed by atoms with Crippen molar-refractivity contribution in [1.29, 1.82) is 0 Å². The quantitative estimate of drug-likeness (QED) is 0.694. The van der Waals surface area contributed by atoms with E-state index in [2.05, 4.69) is 20.9 Å². The van der Waals surface area contributed by atoms with Crippen LogP contribution in [0.4, 0.5) is 0 Å². The minimum absolute atomic E-state index is 0.0516. The van der Waals surface area contributed by atoms with E-state index in [1.807, 2.05) is 25.1 Å². The van der Waals surface area contributed by atoms with Crippen molar-refractivity contribution >= 4 is 32.6 Å². The molecule has 1 heterocycles. The zero-order chi connectivity index (χ0) is 11.7. The molecule has 1 unspecified atom stereocenters. The van der Waals surface area contributed by atoms with Crippen LogP contribution in [0, 0.1) is 0 Å². The summed E-state index contributed by atoms with van der Waals surface area (Å²) in [5.74, 6) is 0.769. The number of ketones is 1. The fourth-order valence-electron chi connectivity index (χ4n) is 1.73. The van der Waals surface area contributed by atoms with Crippen LogP contribution in [0.15, 0.2) is 24.4 Å². The summed E-state index contributed by atoms with van der Waals surface area (Å²) in [4.78, 5) is 14.8. The third kappa shape index (κ3) is 1.73. The Labute approximate surface area is 102 Å². The molecule has 1 N–H and O–H groups in total.